The summed E-state index contributed by atoms with van der Waals surface area (Å²) < 4.78 is 7.07. The van der Waals surface area contributed by atoms with Crippen LogP contribution in [0.3, 0.4) is 0 Å². The lowest BCUT2D eigenvalue weighted by molar-refractivity contribution is 0.00354. The van der Waals surface area contributed by atoms with Crippen LogP contribution in [0.1, 0.15) is 17.3 Å². The van der Waals surface area contributed by atoms with E-state index in [9.17, 15) is 4.79 Å². The second-order valence-electron chi connectivity index (χ2n) is 4.05. The summed E-state index contributed by atoms with van der Waals surface area (Å²) in [5, 5.41) is 0. The Kier molecular flexibility index (Phi) is 4.22. The molecule has 17 heavy (non-hydrogen) atoms. The molecule has 0 aromatic heterocycles. The fraction of sp³-hybridized carbons (Fsp3) is 0.417. The van der Waals surface area contributed by atoms with Gasteiger partial charge in [-0.1, -0.05) is 15.9 Å². The van der Waals surface area contributed by atoms with Gasteiger partial charge in [-0.25, -0.2) is 0 Å². The minimum absolute atomic E-state index is 0.0500. The van der Waals surface area contributed by atoms with Gasteiger partial charge in [0.05, 0.1) is 24.8 Å². The average molecular weight is 363 g/mol. The van der Waals surface area contributed by atoms with Crippen LogP contribution in [0.5, 0.6) is 0 Å². The lowest BCUT2D eigenvalue weighted by Crippen LogP contribution is -2.47. The first kappa shape index (κ1) is 13.1. The zero-order valence-corrected chi connectivity index (χ0v) is 12.6. The quantitative estimate of drug-likeness (QED) is 0.768. The molecule has 1 aliphatic heterocycles. The van der Waals surface area contributed by atoms with Crippen molar-refractivity contribution >= 4 is 37.8 Å². The molecule has 1 amide bonds. The maximum Gasteiger partial charge on any atom is 0.255 e. The lowest BCUT2D eigenvalue weighted by Gasteiger charge is -2.33. The molecule has 1 saturated heterocycles. The van der Waals surface area contributed by atoms with Gasteiger partial charge in [-0.15, -0.1) is 0 Å². The molecular weight excluding hydrogens is 350 g/mol. The topological polar surface area (TPSA) is 29.5 Å². The molecule has 5 heteroatoms. The number of carbonyl (C=O) groups excluding carboxylic acids is 1. The van der Waals surface area contributed by atoms with Crippen molar-refractivity contribution < 1.29 is 9.53 Å². The highest BCUT2D eigenvalue weighted by Gasteiger charge is 2.25. The molecular formula is C12H13Br2NO2. The van der Waals surface area contributed by atoms with Crippen LogP contribution in [0.25, 0.3) is 0 Å². The number of hydrogen-bond donors (Lipinski definition) is 0. The van der Waals surface area contributed by atoms with Gasteiger partial charge in [-0.2, -0.15) is 0 Å². The average Bonchev–Trinajstić information content (AvgIpc) is 2.32. The molecule has 3 nitrogen and oxygen atoms in total. The summed E-state index contributed by atoms with van der Waals surface area (Å²) in [6.45, 7) is 3.88. The third-order valence-electron chi connectivity index (χ3n) is 2.79. The number of amides is 1. The maximum absolute atomic E-state index is 12.4. The third-order valence-corrected chi connectivity index (χ3v) is 3.97. The zero-order chi connectivity index (χ0) is 12.4. The summed E-state index contributed by atoms with van der Waals surface area (Å²) in [4.78, 5) is 14.3. The van der Waals surface area contributed by atoms with Crippen LogP contribution in [0.4, 0.5) is 0 Å². The first-order valence-electron chi connectivity index (χ1n) is 5.43. The first-order chi connectivity index (χ1) is 8.09. The second-order valence-corrected chi connectivity index (χ2v) is 5.82. The van der Waals surface area contributed by atoms with Gasteiger partial charge < -0.3 is 9.64 Å². The van der Waals surface area contributed by atoms with Crippen molar-refractivity contribution in [3.8, 4) is 0 Å². The Balaban J connectivity index is 2.26. The van der Waals surface area contributed by atoms with Crippen LogP contribution in [0.15, 0.2) is 27.1 Å². The monoisotopic (exact) mass is 361 g/mol. The van der Waals surface area contributed by atoms with E-state index in [0.29, 0.717) is 25.3 Å². The Morgan fingerprint density at radius 2 is 2.24 bits per heavy atom. The molecule has 2 rings (SSSR count). The molecule has 0 N–H and O–H groups in total. The van der Waals surface area contributed by atoms with Gasteiger partial charge in [-0.3, -0.25) is 4.79 Å². The van der Waals surface area contributed by atoms with E-state index in [4.69, 9.17) is 4.74 Å². The van der Waals surface area contributed by atoms with Crippen LogP contribution in [-0.2, 0) is 4.74 Å². The van der Waals surface area contributed by atoms with Gasteiger partial charge in [0.15, 0.2) is 0 Å². The predicted octanol–water partition coefficient (Wildman–Crippen LogP) is 3.07. The number of hydrogen-bond acceptors (Lipinski definition) is 2. The lowest BCUT2D eigenvalue weighted by atomic mass is 10.1. The molecule has 1 aromatic rings. The van der Waals surface area contributed by atoms with Gasteiger partial charge in [0.25, 0.3) is 5.91 Å². The number of benzene rings is 1. The summed E-state index contributed by atoms with van der Waals surface area (Å²) in [5.41, 5.74) is 0.688. The van der Waals surface area contributed by atoms with E-state index < -0.39 is 0 Å². The number of nitrogens with zero attached hydrogens (tertiary/aromatic N) is 1. The van der Waals surface area contributed by atoms with Gasteiger partial charge in [0, 0.05) is 15.5 Å². The predicted molar refractivity (Wildman–Crippen MR) is 73.2 cm³/mol. The molecule has 1 fully saturated rings. The van der Waals surface area contributed by atoms with Crippen LogP contribution in [0.2, 0.25) is 0 Å². The number of halogens is 2. The van der Waals surface area contributed by atoms with Crippen LogP contribution < -0.4 is 0 Å². The molecule has 0 aliphatic carbocycles. The molecule has 0 bridgehead atoms. The Labute approximate surface area is 117 Å². The van der Waals surface area contributed by atoms with E-state index >= 15 is 0 Å². The standard InChI is InChI=1S/C12H13Br2NO2/c1-8-7-17-5-4-15(8)12(16)10-6-9(13)2-3-11(10)14/h2-3,6,8H,4-5,7H2,1H3. The van der Waals surface area contributed by atoms with Crippen molar-refractivity contribution in [3.05, 3.63) is 32.7 Å². The Morgan fingerprint density at radius 3 is 2.94 bits per heavy atom. The van der Waals surface area contributed by atoms with E-state index in [2.05, 4.69) is 31.9 Å². The van der Waals surface area contributed by atoms with Gasteiger partial charge in [-0.05, 0) is 41.1 Å². The third kappa shape index (κ3) is 2.89. The SMILES string of the molecule is CC1COCCN1C(=O)c1cc(Br)ccc1Br. The molecule has 0 radical (unpaired) electrons. The number of morpholine rings is 1. The maximum atomic E-state index is 12.4. The Hall–Kier alpha value is -0.390. The molecule has 1 aliphatic rings. The highest BCUT2D eigenvalue weighted by Crippen LogP contribution is 2.24. The molecule has 0 saturated carbocycles. The zero-order valence-electron chi connectivity index (χ0n) is 9.45. The van der Waals surface area contributed by atoms with E-state index in [1.807, 2.05) is 30.0 Å². The van der Waals surface area contributed by atoms with Crippen molar-refractivity contribution in [1.29, 1.82) is 0 Å². The molecule has 1 heterocycles. The fourth-order valence-electron chi connectivity index (χ4n) is 1.84. The Morgan fingerprint density at radius 1 is 1.47 bits per heavy atom. The van der Waals surface area contributed by atoms with Crippen LogP contribution in [-0.4, -0.2) is 36.6 Å². The van der Waals surface area contributed by atoms with Crippen molar-refractivity contribution in [2.75, 3.05) is 19.8 Å². The summed E-state index contributed by atoms with van der Waals surface area (Å²) >= 11 is 6.81. The molecule has 1 unspecified atom stereocenters. The number of ether oxygens (including phenoxy) is 1. The van der Waals surface area contributed by atoms with E-state index in [-0.39, 0.29) is 11.9 Å². The second kappa shape index (κ2) is 5.50. The summed E-state index contributed by atoms with van der Waals surface area (Å²) in [6, 6.07) is 5.75. The first-order valence-corrected chi connectivity index (χ1v) is 7.02. The number of carbonyl (C=O) groups is 1. The Bertz CT molecular complexity index is 437. The van der Waals surface area contributed by atoms with Crippen molar-refractivity contribution in [2.45, 2.75) is 13.0 Å². The smallest absolute Gasteiger partial charge is 0.255 e. The van der Waals surface area contributed by atoms with Crippen LogP contribution in [0, 0.1) is 0 Å². The minimum Gasteiger partial charge on any atom is -0.377 e. The summed E-state index contributed by atoms with van der Waals surface area (Å²) in [7, 11) is 0. The molecule has 1 aromatic carbocycles. The molecule has 0 spiro atoms. The van der Waals surface area contributed by atoms with E-state index in [1.165, 1.54) is 0 Å². The molecule has 92 valence electrons. The van der Waals surface area contributed by atoms with Gasteiger partial charge in [0.1, 0.15) is 0 Å². The largest absolute Gasteiger partial charge is 0.377 e. The van der Waals surface area contributed by atoms with Crippen molar-refractivity contribution in [3.63, 3.8) is 0 Å². The van der Waals surface area contributed by atoms with E-state index in [0.717, 1.165) is 8.95 Å². The van der Waals surface area contributed by atoms with Crippen LogP contribution >= 0.6 is 31.9 Å². The molecule has 1 atom stereocenters. The summed E-state index contributed by atoms with van der Waals surface area (Å²) in [6.07, 6.45) is 0. The van der Waals surface area contributed by atoms with Gasteiger partial charge in [0.2, 0.25) is 0 Å². The minimum atomic E-state index is 0.0500. The normalized spacial score (nSPS) is 20.4. The van der Waals surface area contributed by atoms with Crippen molar-refractivity contribution in [2.24, 2.45) is 0 Å². The van der Waals surface area contributed by atoms with Crippen molar-refractivity contribution in [1.82, 2.24) is 4.90 Å². The fourth-order valence-corrected chi connectivity index (χ4v) is 2.62. The summed E-state index contributed by atoms with van der Waals surface area (Å²) in [5.74, 6) is 0.0500. The van der Waals surface area contributed by atoms with Gasteiger partial charge >= 0.3 is 0 Å². The highest BCUT2D eigenvalue weighted by atomic mass is 79.9. The number of rotatable bonds is 1. The van der Waals surface area contributed by atoms with E-state index in [1.54, 1.807) is 0 Å². The highest BCUT2D eigenvalue weighted by molar-refractivity contribution is 9.11.